The maximum Gasteiger partial charge on any atom is 0.0188 e. The van der Waals surface area contributed by atoms with Crippen LogP contribution in [0.3, 0.4) is 0 Å². The molecule has 0 heterocycles. The Morgan fingerprint density at radius 2 is 1.75 bits per heavy atom. The highest BCUT2D eigenvalue weighted by atomic mass is 79.9. The molecule has 0 amide bonds. The molecule has 1 unspecified atom stereocenters. The SMILES string of the molecule is Brc1ccc(CC(Br)CC2CCCC2)cc1. The van der Waals surface area contributed by atoms with E-state index in [9.17, 15) is 0 Å². The van der Waals surface area contributed by atoms with E-state index in [4.69, 9.17) is 0 Å². The molecule has 1 fully saturated rings. The molecule has 16 heavy (non-hydrogen) atoms. The quantitative estimate of drug-likeness (QED) is 0.646. The molecule has 0 N–H and O–H groups in total. The number of alkyl halides is 1. The molecule has 0 saturated heterocycles. The van der Waals surface area contributed by atoms with Crippen LogP contribution in [-0.4, -0.2) is 4.83 Å². The Kier molecular flexibility index (Phi) is 4.90. The first kappa shape index (κ1) is 12.6. The molecule has 1 saturated carbocycles. The maximum absolute atomic E-state index is 3.83. The third kappa shape index (κ3) is 3.89. The summed E-state index contributed by atoms with van der Waals surface area (Å²) in [5.74, 6) is 0.972. The molecule has 1 aromatic rings. The van der Waals surface area contributed by atoms with Gasteiger partial charge in [-0.2, -0.15) is 0 Å². The zero-order valence-electron chi connectivity index (χ0n) is 9.46. The third-order valence-corrected chi connectivity index (χ3v) is 4.66. The highest BCUT2D eigenvalue weighted by Gasteiger charge is 2.18. The van der Waals surface area contributed by atoms with Gasteiger partial charge in [-0.05, 0) is 36.5 Å². The van der Waals surface area contributed by atoms with Crippen molar-refractivity contribution < 1.29 is 0 Å². The van der Waals surface area contributed by atoms with Crippen molar-refractivity contribution in [3.8, 4) is 0 Å². The van der Waals surface area contributed by atoms with Gasteiger partial charge in [-0.25, -0.2) is 0 Å². The van der Waals surface area contributed by atoms with Crippen molar-refractivity contribution in [1.82, 2.24) is 0 Å². The van der Waals surface area contributed by atoms with Gasteiger partial charge in [0.2, 0.25) is 0 Å². The Morgan fingerprint density at radius 1 is 1.12 bits per heavy atom. The van der Waals surface area contributed by atoms with E-state index in [1.165, 1.54) is 37.7 Å². The standard InChI is InChI=1S/C14H18Br2/c15-13-7-5-12(6-8-13)10-14(16)9-11-3-1-2-4-11/h5-8,11,14H,1-4,9-10H2. The van der Waals surface area contributed by atoms with Gasteiger partial charge in [-0.3, -0.25) is 0 Å². The molecule has 0 radical (unpaired) electrons. The Bertz CT molecular complexity index is 312. The van der Waals surface area contributed by atoms with Crippen molar-refractivity contribution in [2.75, 3.05) is 0 Å². The fraction of sp³-hybridized carbons (Fsp3) is 0.571. The summed E-state index contributed by atoms with van der Waals surface area (Å²) >= 11 is 7.30. The summed E-state index contributed by atoms with van der Waals surface area (Å²) < 4.78 is 1.16. The molecule has 0 bridgehead atoms. The number of rotatable bonds is 4. The second kappa shape index (κ2) is 6.20. The molecule has 88 valence electrons. The van der Waals surface area contributed by atoms with Crippen LogP contribution in [-0.2, 0) is 6.42 Å². The molecule has 0 nitrogen and oxygen atoms in total. The van der Waals surface area contributed by atoms with Gasteiger partial charge in [0.15, 0.2) is 0 Å². The van der Waals surface area contributed by atoms with Gasteiger partial charge in [0, 0.05) is 9.30 Å². The van der Waals surface area contributed by atoms with Crippen LogP contribution in [0.2, 0.25) is 0 Å². The predicted octanol–water partition coefficient (Wildman–Crippen LogP) is 5.34. The molecule has 2 heteroatoms. The molecule has 0 aliphatic heterocycles. The molecule has 0 aromatic heterocycles. The van der Waals surface area contributed by atoms with E-state index in [0.717, 1.165) is 16.8 Å². The van der Waals surface area contributed by atoms with Gasteiger partial charge in [0.25, 0.3) is 0 Å². The minimum absolute atomic E-state index is 0.650. The lowest BCUT2D eigenvalue weighted by Crippen LogP contribution is -2.08. The van der Waals surface area contributed by atoms with E-state index in [2.05, 4.69) is 56.1 Å². The van der Waals surface area contributed by atoms with E-state index in [0.29, 0.717) is 4.83 Å². The first-order valence-corrected chi connectivity index (χ1v) is 7.83. The Morgan fingerprint density at radius 3 is 2.38 bits per heavy atom. The maximum atomic E-state index is 3.83. The van der Waals surface area contributed by atoms with Gasteiger partial charge in [0.1, 0.15) is 0 Å². The summed E-state index contributed by atoms with van der Waals surface area (Å²) in [5, 5.41) is 0. The zero-order valence-corrected chi connectivity index (χ0v) is 12.6. The van der Waals surface area contributed by atoms with Crippen LogP contribution in [0.15, 0.2) is 28.7 Å². The van der Waals surface area contributed by atoms with Gasteiger partial charge < -0.3 is 0 Å². The van der Waals surface area contributed by atoms with E-state index in [1.54, 1.807) is 0 Å². The van der Waals surface area contributed by atoms with Crippen molar-refractivity contribution in [2.45, 2.75) is 43.4 Å². The normalized spacial score (nSPS) is 18.9. The second-order valence-electron chi connectivity index (χ2n) is 4.81. The molecular weight excluding hydrogens is 328 g/mol. The highest BCUT2D eigenvalue weighted by molar-refractivity contribution is 9.10. The molecule has 1 aliphatic rings. The highest BCUT2D eigenvalue weighted by Crippen LogP contribution is 2.31. The number of hydrogen-bond donors (Lipinski definition) is 0. The van der Waals surface area contributed by atoms with Gasteiger partial charge >= 0.3 is 0 Å². The van der Waals surface area contributed by atoms with Crippen molar-refractivity contribution in [3.05, 3.63) is 34.3 Å². The van der Waals surface area contributed by atoms with E-state index in [-0.39, 0.29) is 0 Å². The lowest BCUT2D eigenvalue weighted by atomic mass is 9.98. The first-order valence-electron chi connectivity index (χ1n) is 6.12. The average Bonchev–Trinajstić information content (AvgIpc) is 2.74. The summed E-state index contributed by atoms with van der Waals surface area (Å²) in [5.41, 5.74) is 1.43. The fourth-order valence-electron chi connectivity index (χ4n) is 2.57. The van der Waals surface area contributed by atoms with Gasteiger partial charge in [-0.1, -0.05) is 69.7 Å². The van der Waals surface area contributed by atoms with Crippen LogP contribution in [0.4, 0.5) is 0 Å². The van der Waals surface area contributed by atoms with Gasteiger partial charge in [-0.15, -0.1) is 0 Å². The Labute approximate surface area is 115 Å². The number of halogens is 2. The minimum atomic E-state index is 0.650. The van der Waals surface area contributed by atoms with Crippen LogP contribution >= 0.6 is 31.9 Å². The van der Waals surface area contributed by atoms with Crippen molar-refractivity contribution >= 4 is 31.9 Å². The molecule has 1 atom stereocenters. The minimum Gasteiger partial charge on any atom is -0.0887 e. The second-order valence-corrected chi connectivity index (χ2v) is 7.02. The molecular formula is C14H18Br2. The van der Waals surface area contributed by atoms with Crippen LogP contribution in [0.1, 0.15) is 37.7 Å². The average molecular weight is 346 g/mol. The fourth-order valence-corrected chi connectivity index (χ4v) is 3.73. The largest absolute Gasteiger partial charge is 0.0887 e. The Balaban J connectivity index is 1.81. The number of benzene rings is 1. The van der Waals surface area contributed by atoms with Crippen molar-refractivity contribution in [1.29, 1.82) is 0 Å². The van der Waals surface area contributed by atoms with Crippen molar-refractivity contribution in [2.24, 2.45) is 5.92 Å². The van der Waals surface area contributed by atoms with Crippen LogP contribution in [0, 0.1) is 5.92 Å². The molecule has 1 aromatic carbocycles. The lowest BCUT2D eigenvalue weighted by molar-refractivity contribution is 0.495. The van der Waals surface area contributed by atoms with E-state index >= 15 is 0 Å². The summed E-state index contributed by atoms with van der Waals surface area (Å²) in [4.78, 5) is 0.650. The molecule has 1 aliphatic carbocycles. The van der Waals surface area contributed by atoms with E-state index < -0.39 is 0 Å². The summed E-state index contributed by atoms with van der Waals surface area (Å²) in [6, 6.07) is 8.69. The first-order chi connectivity index (χ1) is 7.74. The number of hydrogen-bond acceptors (Lipinski definition) is 0. The molecule has 0 spiro atoms. The topological polar surface area (TPSA) is 0 Å². The Hall–Kier alpha value is 0.180. The third-order valence-electron chi connectivity index (χ3n) is 3.43. The monoisotopic (exact) mass is 344 g/mol. The smallest absolute Gasteiger partial charge is 0.0188 e. The van der Waals surface area contributed by atoms with Crippen LogP contribution < -0.4 is 0 Å². The van der Waals surface area contributed by atoms with E-state index in [1.807, 2.05) is 0 Å². The summed E-state index contributed by atoms with van der Waals surface area (Å²) in [6.07, 6.45) is 8.29. The predicted molar refractivity (Wildman–Crippen MR) is 77.1 cm³/mol. The van der Waals surface area contributed by atoms with Crippen LogP contribution in [0.5, 0.6) is 0 Å². The molecule has 2 rings (SSSR count). The zero-order chi connectivity index (χ0) is 11.4. The lowest BCUT2D eigenvalue weighted by Gasteiger charge is -2.14. The summed E-state index contributed by atoms with van der Waals surface area (Å²) in [7, 11) is 0. The van der Waals surface area contributed by atoms with Crippen LogP contribution in [0.25, 0.3) is 0 Å². The van der Waals surface area contributed by atoms with Gasteiger partial charge in [0.05, 0.1) is 0 Å². The van der Waals surface area contributed by atoms with Crippen molar-refractivity contribution in [3.63, 3.8) is 0 Å². The summed E-state index contributed by atoms with van der Waals surface area (Å²) in [6.45, 7) is 0.